The normalized spacial score (nSPS) is 11.4. The molecule has 33 heavy (non-hydrogen) atoms. The third-order valence-corrected chi connectivity index (χ3v) is 5.87. The summed E-state index contributed by atoms with van der Waals surface area (Å²) in [7, 11) is 3.29. The van der Waals surface area contributed by atoms with E-state index in [9.17, 15) is 0 Å². The minimum Gasteiger partial charge on any atom is -0.496 e. The second kappa shape index (κ2) is 9.08. The summed E-state index contributed by atoms with van der Waals surface area (Å²) in [5.74, 6) is 1.93. The Hall–Kier alpha value is -3.63. The summed E-state index contributed by atoms with van der Waals surface area (Å²) in [6.07, 6.45) is 1.85. The average Bonchev–Trinajstić information content (AvgIpc) is 3.54. The zero-order chi connectivity index (χ0) is 22.8. The third kappa shape index (κ3) is 4.48. The van der Waals surface area contributed by atoms with Gasteiger partial charge in [-0.05, 0) is 25.1 Å². The summed E-state index contributed by atoms with van der Waals surface area (Å²) in [6, 6.07) is 9.47. The number of furan rings is 1. The SMILES string of the molecule is COCCNc1nc(COc2cc(OC)cc3oc(-c4cn5nc(C)ccc5n4)cc23)cs1. The number of ether oxygens (including phenoxy) is 3. The number of fused-ring (bicyclic) bond motifs is 2. The van der Waals surface area contributed by atoms with E-state index in [2.05, 4.69) is 20.4 Å². The molecule has 0 bridgehead atoms. The van der Waals surface area contributed by atoms with E-state index < -0.39 is 0 Å². The number of aromatic nitrogens is 4. The first-order valence-corrected chi connectivity index (χ1v) is 11.3. The molecule has 0 saturated heterocycles. The van der Waals surface area contributed by atoms with Crippen LogP contribution in [-0.2, 0) is 11.3 Å². The van der Waals surface area contributed by atoms with Crippen molar-refractivity contribution in [3.05, 3.63) is 53.3 Å². The topological polar surface area (TPSA) is 95.9 Å². The number of benzene rings is 1. The molecule has 0 aliphatic heterocycles. The summed E-state index contributed by atoms with van der Waals surface area (Å²) in [6.45, 7) is 3.59. The van der Waals surface area contributed by atoms with Gasteiger partial charge in [0.1, 0.15) is 29.4 Å². The van der Waals surface area contributed by atoms with Crippen molar-refractivity contribution in [1.29, 1.82) is 0 Å². The van der Waals surface area contributed by atoms with Crippen LogP contribution in [0.3, 0.4) is 0 Å². The maximum Gasteiger partial charge on any atom is 0.183 e. The number of imidazole rings is 1. The molecule has 0 aliphatic rings. The second-order valence-electron chi connectivity index (χ2n) is 7.40. The molecule has 0 atom stereocenters. The number of thiazole rings is 1. The van der Waals surface area contributed by atoms with Crippen LogP contribution < -0.4 is 14.8 Å². The van der Waals surface area contributed by atoms with Crippen LogP contribution in [0.2, 0.25) is 0 Å². The third-order valence-electron chi connectivity index (χ3n) is 5.02. The number of nitrogens with zero attached hydrogens (tertiary/aromatic N) is 4. The highest BCUT2D eigenvalue weighted by molar-refractivity contribution is 7.13. The maximum absolute atomic E-state index is 6.12. The molecule has 0 saturated carbocycles. The molecule has 170 valence electrons. The molecule has 0 fully saturated rings. The van der Waals surface area contributed by atoms with E-state index in [0.29, 0.717) is 48.3 Å². The largest absolute Gasteiger partial charge is 0.496 e. The summed E-state index contributed by atoms with van der Waals surface area (Å²) in [5.41, 5.74) is 3.85. The van der Waals surface area contributed by atoms with Crippen LogP contribution in [-0.4, -0.2) is 47.0 Å². The monoisotopic (exact) mass is 465 g/mol. The van der Waals surface area contributed by atoms with E-state index >= 15 is 0 Å². The van der Waals surface area contributed by atoms with Gasteiger partial charge >= 0.3 is 0 Å². The molecule has 1 N–H and O–H groups in total. The average molecular weight is 466 g/mol. The number of hydrogen-bond acceptors (Lipinski definition) is 9. The number of hydrogen-bond donors (Lipinski definition) is 1. The van der Waals surface area contributed by atoms with E-state index in [1.807, 2.05) is 48.8 Å². The number of anilines is 1. The van der Waals surface area contributed by atoms with Gasteiger partial charge in [0.25, 0.3) is 0 Å². The summed E-state index contributed by atoms with van der Waals surface area (Å²) in [4.78, 5) is 9.19. The number of nitrogens with one attached hydrogen (secondary N) is 1. The van der Waals surface area contributed by atoms with E-state index in [1.54, 1.807) is 18.7 Å². The van der Waals surface area contributed by atoms with Gasteiger partial charge in [-0.15, -0.1) is 11.3 Å². The van der Waals surface area contributed by atoms with Gasteiger partial charge in [0.05, 0.1) is 36.7 Å². The van der Waals surface area contributed by atoms with Crippen LogP contribution in [0, 0.1) is 6.92 Å². The van der Waals surface area contributed by atoms with Gasteiger partial charge in [-0.1, -0.05) is 0 Å². The quantitative estimate of drug-likeness (QED) is 0.317. The first kappa shape index (κ1) is 21.2. The fourth-order valence-electron chi connectivity index (χ4n) is 3.41. The van der Waals surface area contributed by atoms with Crippen LogP contribution in [0.5, 0.6) is 11.5 Å². The van der Waals surface area contributed by atoms with Crippen molar-refractivity contribution in [1.82, 2.24) is 19.6 Å². The fourth-order valence-corrected chi connectivity index (χ4v) is 4.13. The predicted octanol–water partition coefficient (Wildman–Crippen LogP) is 4.55. The molecule has 5 aromatic rings. The molecule has 0 radical (unpaired) electrons. The Labute approximate surface area is 193 Å². The fraction of sp³-hybridized carbons (Fsp3) is 0.261. The molecule has 0 amide bonds. The molecular weight excluding hydrogens is 442 g/mol. The zero-order valence-electron chi connectivity index (χ0n) is 18.5. The van der Waals surface area contributed by atoms with Gasteiger partial charge in [0.2, 0.25) is 0 Å². The minimum atomic E-state index is 0.322. The highest BCUT2D eigenvalue weighted by Gasteiger charge is 2.16. The Morgan fingerprint density at radius 3 is 2.91 bits per heavy atom. The Kier molecular flexibility index (Phi) is 5.84. The smallest absolute Gasteiger partial charge is 0.183 e. The molecule has 1 aromatic carbocycles. The van der Waals surface area contributed by atoms with Gasteiger partial charge in [-0.2, -0.15) is 5.10 Å². The van der Waals surface area contributed by atoms with Crippen molar-refractivity contribution in [3.63, 3.8) is 0 Å². The first-order valence-electron chi connectivity index (χ1n) is 10.4. The van der Waals surface area contributed by atoms with Crippen molar-refractivity contribution in [2.45, 2.75) is 13.5 Å². The van der Waals surface area contributed by atoms with Crippen molar-refractivity contribution < 1.29 is 18.6 Å². The molecule has 0 spiro atoms. The number of methoxy groups -OCH3 is 2. The van der Waals surface area contributed by atoms with Crippen molar-refractivity contribution in [2.24, 2.45) is 0 Å². The highest BCUT2D eigenvalue weighted by atomic mass is 32.1. The van der Waals surface area contributed by atoms with E-state index in [4.69, 9.17) is 18.6 Å². The van der Waals surface area contributed by atoms with Crippen molar-refractivity contribution in [2.75, 3.05) is 32.7 Å². The van der Waals surface area contributed by atoms with Crippen LogP contribution >= 0.6 is 11.3 Å². The summed E-state index contributed by atoms with van der Waals surface area (Å²) < 4.78 is 24.5. The summed E-state index contributed by atoms with van der Waals surface area (Å²) >= 11 is 1.53. The number of aryl methyl sites for hydroxylation is 1. The molecule has 9 nitrogen and oxygen atoms in total. The van der Waals surface area contributed by atoms with E-state index in [1.165, 1.54) is 11.3 Å². The van der Waals surface area contributed by atoms with E-state index in [-0.39, 0.29) is 0 Å². The molecule has 5 rings (SSSR count). The lowest BCUT2D eigenvalue weighted by molar-refractivity contribution is 0.211. The second-order valence-corrected chi connectivity index (χ2v) is 8.26. The molecule has 0 unspecified atom stereocenters. The maximum atomic E-state index is 6.12. The highest BCUT2D eigenvalue weighted by Crippen LogP contribution is 2.37. The molecule has 10 heteroatoms. The Bertz CT molecular complexity index is 1410. The molecule has 0 aliphatic carbocycles. The van der Waals surface area contributed by atoms with Gasteiger partial charge in [-0.25, -0.2) is 14.5 Å². The predicted molar refractivity (Wildman–Crippen MR) is 126 cm³/mol. The molecular formula is C23H23N5O4S. The van der Waals surface area contributed by atoms with Crippen molar-refractivity contribution in [3.8, 4) is 23.0 Å². The first-order chi connectivity index (χ1) is 16.1. The van der Waals surface area contributed by atoms with Crippen LogP contribution in [0.25, 0.3) is 28.1 Å². The standard InChI is InChI=1S/C23H23N5O4S/c1-14-4-5-22-26-18(11-28(22)27-14)21-10-17-19(8-16(30-3)9-20(17)32-21)31-12-15-13-33-23(25-15)24-6-7-29-2/h4-5,8-11,13H,6-7,12H2,1-3H3,(H,24,25). The zero-order valence-corrected chi connectivity index (χ0v) is 19.3. The lowest BCUT2D eigenvalue weighted by Gasteiger charge is -2.08. The number of rotatable bonds is 9. The summed E-state index contributed by atoms with van der Waals surface area (Å²) in [5, 5.41) is 11.3. The van der Waals surface area contributed by atoms with Crippen LogP contribution in [0.15, 0.2) is 46.3 Å². The van der Waals surface area contributed by atoms with Gasteiger partial charge in [0, 0.05) is 31.2 Å². The Morgan fingerprint density at radius 2 is 2.06 bits per heavy atom. The Balaban J connectivity index is 1.41. The lowest BCUT2D eigenvalue weighted by Crippen LogP contribution is -2.07. The minimum absolute atomic E-state index is 0.322. The molecule has 4 heterocycles. The lowest BCUT2D eigenvalue weighted by atomic mass is 10.2. The van der Waals surface area contributed by atoms with Gasteiger partial charge in [0.15, 0.2) is 16.5 Å². The molecule has 4 aromatic heterocycles. The Morgan fingerprint density at radius 1 is 1.15 bits per heavy atom. The van der Waals surface area contributed by atoms with Gasteiger partial charge < -0.3 is 23.9 Å². The van der Waals surface area contributed by atoms with E-state index in [0.717, 1.165) is 27.6 Å². The van der Waals surface area contributed by atoms with Crippen LogP contribution in [0.1, 0.15) is 11.4 Å². The van der Waals surface area contributed by atoms with Gasteiger partial charge in [-0.3, -0.25) is 0 Å². The van der Waals surface area contributed by atoms with Crippen molar-refractivity contribution >= 4 is 33.1 Å². The van der Waals surface area contributed by atoms with Crippen LogP contribution in [0.4, 0.5) is 5.13 Å².